The van der Waals surface area contributed by atoms with E-state index in [-0.39, 0.29) is 6.04 Å². The Balaban J connectivity index is 1.70. The second-order valence-electron chi connectivity index (χ2n) is 5.71. The molecular weight excluding hydrogens is 254 g/mol. The zero-order valence-corrected chi connectivity index (χ0v) is 12.5. The fourth-order valence-corrected chi connectivity index (χ4v) is 3.06. The molecular formula is C20H23N. The van der Waals surface area contributed by atoms with Crippen LogP contribution in [0.25, 0.3) is 0 Å². The summed E-state index contributed by atoms with van der Waals surface area (Å²) in [7, 11) is 0. The normalized spacial score (nSPS) is 14.4. The number of rotatable bonds is 6. The molecule has 0 atom stereocenters. The van der Waals surface area contributed by atoms with E-state index in [0.29, 0.717) is 0 Å². The molecule has 0 saturated heterocycles. The summed E-state index contributed by atoms with van der Waals surface area (Å²) in [5, 5.41) is 3.74. The van der Waals surface area contributed by atoms with Crippen LogP contribution in [0.15, 0.2) is 72.3 Å². The topological polar surface area (TPSA) is 12.0 Å². The van der Waals surface area contributed by atoms with Crippen molar-refractivity contribution in [1.82, 2.24) is 5.32 Å². The molecule has 1 N–H and O–H groups in total. The number of hydrogen-bond donors (Lipinski definition) is 1. The first-order valence-corrected chi connectivity index (χ1v) is 7.94. The maximum Gasteiger partial charge on any atom is 0.0576 e. The minimum Gasteiger partial charge on any atom is -0.306 e. The van der Waals surface area contributed by atoms with Crippen molar-refractivity contribution in [1.29, 1.82) is 0 Å². The predicted molar refractivity (Wildman–Crippen MR) is 89.3 cm³/mol. The molecule has 21 heavy (non-hydrogen) atoms. The van der Waals surface area contributed by atoms with Gasteiger partial charge in [0.05, 0.1) is 6.04 Å². The highest BCUT2D eigenvalue weighted by Gasteiger charge is 2.13. The molecule has 0 aromatic heterocycles. The molecule has 1 aliphatic carbocycles. The fourth-order valence-electron chi connectivity index (χ4n) is 3.06. The van der Waals surface area contributed by atoms with Crippen LogP contribution in [0.4, 0.5) is 0 Å². The molecule has 0 spiro atoms. The van der Waals surface area contributed by atoms with Crippen LogP contribution in [0.1, 0.15) is 42.9 Å². The molecule has 108 valence electrons. The Morgan fingerprint density at radius 2 is 1.48 bits per heavy atom. The molecule has 0 amide bonds. The minimum absolute atomic E-state index is 0.286. The maximum atomic E-state index is 3.74. The quantitative estimate of drug-likeness (QED) is 0.743. The van der Waals surface area contributed by atoms with Crippen LogP contribution in [-0.4, -0.2) is 6.54 Å². The second-order valence-corrected chi connectivity index (χ2v) is 5.71. The van der Waals surface area contributed by atoms with Gasteiger partial charge in [-0.05, 0) is 43.4 Å². The number of nitrogens with one attached hydrogen (secondary N) is 1. The highest BCUT2D eigenvalue weighted by Crippen LogP contribution is 2.23. The van der Waals surface area contributed by atoms with Gasteiger partial charge in [0.1, 0.15) is 0 Å². The summed E-state index contributed by atoms with van der Waals surface area (Å²) in [6.07, 6.45) is 7.51. The smallest absolute Gasteiger partial charge is 0.0576 e. The molecule has 1 nitrogen and oxygen atoms in total. The summed E-state index contributed by atoms with van der Waals surface area (Å²) in [5.74, 6) is 0. The molecule has 0 fully saturated rings. The van der Waals surface area contributed by atoms with Crippen LogP contribution in [0.5, 0.6) is 0 Å². The third kappa shape index (κ3) is 3.83. The Kier molecular flexibility index (Phi) is 4.86. The SMILES string of the molecule is C1=C(CCNC(c2ccccc2)c2ccccc2)CCC1. The van der Waals surface area contributed by atoms with Gasteiger partial charge in [-0.3, -0.25) is 0 Å². The van der Waals surface area contributed by atoms with Gasteiger partial charge in [0, 0.05) is 0 Å². The van der Waals surface area contributed by atoms with Gasteiger partial charge in [0.15, 0.2) is 0 Å². The standard InChI is InChI=1S/C20H23N/c1-3-11-18(12-4-1)20(19-13-5-2-6-14-19)21-16-15-17-9-7-8-10-17/h1-6,9,11-14,20-21H,7-8,10,15-16H2. The van der Waals surface area contributed by atoms with E-state index in [2.05, 4.69) is 72.1 Å². The van der Waals surface area contributed by atoms with Gasteiger partial charge in [-0.25, -0.2) is 0 Å². The second kappa shape index (κ2) is 7.24. The average Bonchev–Trinajstić information content (AvgIpc) is 3.07. The van der Waals surface area contributed by atoms with Crippen LogP contribution in [0, 0.1) is 0 Å². The average molecular weight is 277 g/mol. The van der Waals surface area contributed by atoms with Crippen LogP contribution in [-0.2, 0) is 0 Å². The third-order valence-electron chi connectivity index (χ3n) is 4.20. The van der Waals surface area contributed by atoms with Crippen LogP contribution in [0.3, 0.4) is 0 Å². The van der Waals surface area contributed by atoms with E-state index in [4.69, 9.17) is 0 Å². The van der Waals surface area contributed by atoms with Crippen LogP contribution in [0.2, 0.25) is 0 Å². The van der Waals surface area contributed by atoms with Gasteiger partial charge in [0.2, 0.25) is 0 Å². The number of benzene rings is 2. The van der Waals surface area contributed by atoms with E-state index in [1.54, 1.807) is 5.57 Å². The van der Waals surface area contributed by atoms with Gasteiger partial charge in [-0.15, -0.1) is 0 Å². The highest BCUT2D eigenvalue weighted by atomic mass is 14.9. The first-order chi connectivity index (χ1) is 10.4. The minimum atomic E-state index is 0.286. The Morgan fingerprint density at radius 1 is 0.857 bits per heavy atom. The summed E-state index contributed by atoms with van der Waals surface area (Å²) in [5.41, 5.74) is 4.30. The number of allylic oxidation sites excluding steroid dienone is 1. The summed E-state index contributed by atoms with van der Waals surface area (Å²) in [4.78, 5) is 0. The van der Waals surface area contributed by atoms with Gasteiger partial charge in [-0.1, -0.05) is 72.3 Å². The molecule has 2 aromatic carbocycles. The maximum absolute atomic E-state index is 3.74. The lowest BCUT2D eigenvalue weighted by Gasteiger charge is -2.20. The lowest BCUT2D eigenvalue weighted by molar-refractivity contribution is 0.601. The Bertz CT molecular complexity index is 532. The van der Waals surface area contributed by atoms with Crippen molar-refractivity contribution >= 4 is 0 Å². The molecule has 1 aliphatic rings. The third-order valence-corrected chi connectivity index (χ3v) is 4.20. The largest absolute Gasteiger partial charge is 0.306 e. The first-order valence-electron chi connectivity index (χ1n) is 7.94. The Hall–Kier alpha value is -1.86. The van der Waals surface area contributed by atoms with Crippen molar-refractivity contribution in [2.75, 3.05) is 6.54 Å². The van der Waals surface area contributed by atoms with Crippen molar-refractivity contribution in [2.24, 2.45) is 0 Å². The van der Waals surface area contributed by atoms with Gasteiger partial charge >= 0.3 is 0 Å². The predicted octanol–water partition coefficient (Wildman–Crippen LogP) is 4.87. The molecule has 0 saturated carbocycles. The zero-order valence-electron chi connectivity index (χ0n) is 12.5. The molecule has 0 bridgehead atoms. The Morgan fingerprint density at radius 3 is 2.00 bits per heavy atom. The number of hydrogen-bond acceptors (Lipinski definition) is 1. The molecule has 0 heterocycles. The van der Waals surface area contributed by atoms with E-state index in [0.717, 1.165) is 6.54 Å². The fraction of sp³-hybridized carbons (Fsp3) is 0.300. The monoisotopic (exact) mass is 277 g/mol. The molecule has 0 unspecified atom stereocenters. The van der Waals surface area contributed by atoms with Crippen molar-refractivity contribution in [2.45, 2.75) is 31.7 Å². The summed E-state index contributed by atoms with van der Waals surface area (Å²) < 4.78 is 0. The van der Waals surface area contributed by atoms with Crippen LogP contribution < -0.4 is 5.32 Å². The van der Waals surface area contributed by atoms with Gasteiger partial charge in [0.25, 0.3) is 0 Å². The van der Waals surface area contributed by atoms with Gasteiger partial charge in [-0.2, -0.15) is 0 Å². The summed E-state index contributed by atoms with van der Waals surface area (Å²) >= 11 is 0. The molecule has 2 aromatic rings. The van der Waals surface area contributed by atoms with Crippen molar-refractivity contribution in [3.05, 3.63) is 83.4 Å². The lowest BCUT2D eigenvalue weighted by atomic mass is 9.98. The zero-order chi connectivity index (χ0) is 14.3. The van der Waals surface area contributed by atoms with E-state index in [1.807, 2.05) is 0 Å². The van der Waals surface area contributed by atoms with E-state index in [9.17, 15) is 0 Å². The lowest BCUT2D eigenvalue weighted by Crippen LogP contribution is -2.23. The van der Waals surface area contributed by atoms with E-state index in [1.165, 1.54) is 36.8 Å². The van der Waals surface area contributed by atoms with Crippen molar-refractivity contribution in [3.8, 4) is 0 Å². The molecule has 0 aliphatic heterocycles. The molecule has 3 rings (SSSR count). The summed E-state index contributed by atoms with van der Waals surface area (Å²) in [6.45, 7) is 1.04. The Labute approximate surface area is 127 Å². The van der Waals surface area contributed by atoms with E-state index >= 15 is 0 Å². The van der Waals surface area contributed by atoms with Crippen molar-refractivity contribution in [3.63, 3.8) is 0 Å². The highest BCUT2D eigenvalue weighted by molar-refractivity contribution is 5.31. The molecule has 1 heteroatoms. The van der Waals surface area contributed by atoms with Crippen LogP contribution >= 0.6 is 0 Å². The van der Waals surface area contributed by atoms with E-state index < -0.39 is 0 Å². The first kappa shape index (κ1) is 14.1. The summed E-state index contributed by atoms with van der Waals surface area (Å²) in [6, 6.07) is 21.7. The van der Waals surface area contributed by atoms with Crippen molar-refractivity contribution < 1.29 is 0 Å². The van der Waals surface area contributed by atoms with Gasteiger partial charge < -0.3 is 5.32 Å². The molecule has 0 radical (unpaired) electrons.